The van der Waals surface area contributed by atoms with E-state index in [9.17, 15) is 23.1 Å². The fourth-order valence-corrected chi connectivity index (χ4v) is 6.90. The van der Waals surface area contributed by atoms with Crippen LogP contribution < -0.4 is 15.4 Å². The van der Waals surface area contributed by atoms with Crippen molar-refractivity contribution < 1.29 is 27.7 Å². The topological polar surface area (TPSA) is 158 Å². The van der Waals surface area contributed by atoms with Crippen LogP contribution in [0.5, 0.6) is 0 Å². The van der Waals surface area contributed by atoms with Crippen LogP contribution in [0.15, 0.2) is 71.5 Å². The molecule has 2 amide bonds. The minimum absolute atomic E-state index is 0.173. The van der Waals surface area contributed by atoms with E-state index in [1.54, 1.807) is 23.9 Å². The maximum atomic E-state index is 13.4. The van der Waals surface area contributed by atoms with Gasteiger partial charge < -0.3 is 15.7 Å². The number of benzene rings is 2. The predicted octanol–water partition coefficient (Wildman–Crippen LogP) is 4.57. The third-order valence-corrected chi connectivity index (χ3v) is 8.93. The van der Waals surface area contributed by atoms with Crippen LogP contribution >= 0.6 is 23.1 Å². The largest absolute Gasteiger partial charge is 0.465 e. The Labute approximate surface area is 234 Å². The summed E-state index contributed by atoms with van der Waals surface area (Å²) in [5.41, 5.74) is 2.41. The molecule has 1 aromatic heterocycles. The summed E-state index contributed by atoms with van der Waals surface area (Å²) in [6.07, 6.45) is 1.31. The SMILES string of the molecule is CC1C=CSC1c1nc([C@H](Cc2ccc(NS(=O)(=O)O)cc2)NC(=O)[C@H](Cc2ccccc2)NC(=O)O)cs1. The second kappa shape index (κ2) is 12.6. The zero-order valence-corrected chi connectivity index (χ0v) is 23.3. The molecule has 2 heterocycles. The molecule has 1 aliphatic heterocycles. The highest BCUT2D eigenvalue weighted by Crippen LogP contribution is 2.44. The Morgan fingerprint density at radius 1 is 1.03 bits per heavy atom. The highest BCUT2D eigenvalue weighted by Gasteiger charge is 2.29. The number of anilines is 1. The van der Waals surface area contributed by atoms with Crippen LogP contribution in [0.4, 0.5) is 10.5 Å². The van der Waals surface area contributed by atoms with E-state index in [1.807, 2.05) is 40.4 Å². The minimum atomic E-state index is -4.40. The number of nitrogens with zero attached hydrogens (tertiary/aromatic N) is 1. The number of thioether (sulfide) groups is 1. The molecule has 2 unspecified atom stereocenters. The Morgan fingerprint density at radius 3 is 2.33 bits per heavy atom. The van der Waals surface area contributed by atoms with E-state index in [4.69, 9.17) is 9.54 Å². The first-order chi connectivity index (χ1) is 18.6. The van der Waals surface area contributed by atoms with E-state index >= 15 is 0 Å². The van der Waals surface area contributed by atoms with Crippen molar-refractivity contribution in [3.63, 3.8) is 0 Å². The first kappa shape index (κ1) is 28.6. The summed E-state index contributed by atoms with van der Waals surface area (Å²) < 4.78 is 33.2. The number of carbonyl (C=O) groups excluding carboxylic acids is 1. The van der Waals surface area contributed by atoms with Gasteiger partial charge in [0, 0.05) is 11.8 Å². The number of rotatable bonds is 11. The summed E-state index contributed by atoms with van der Waals surface area (Å²) in [5, 5.41) is 19.8. The Bertz CT molecular complexity index is 1430. The van der Waals surface area contributed by atoms with Gasteiger partial charge in [0.25, 0.3) is 0 Å². The average molecular weight is 589 g/mol. The van der Waals surface area contributed by atoms with Crippen molar-refractivity contribution in [1.29, 1.82) is 0 Å². The first-order valence-corrected chi connectivity index (χ1v) is 15.3. The molecule has 13 heteroatoms. The van der Waals surface area contributed by atoms with E-state index in [0.29, 0.717) is 18.0 Å². The number of carbonyl (C=O) groups is 2. The van der Waals surface area contributed by atoms with Crippen LogP contribution in [0, 0.1) is 5.92 Å². The summed E-state index contributed by atoms with van der Waals surface area (Å²) in [7, 11) is -4.40. The Balaban J connectivity index is 1.57. The number of carboxylic acid groups (broad SMARTS) is 1. The van der Waals surface area contributed by atoms with Gasteiger partial charge in [-0.1, -0.05) is 55.5 Å². The van der Waals surface area contributed by atoms with Crippen LogP contribution in [-0.2, 0) is 27.9 Å². The third kappa shape index (κ3) is 8.30. The number of hydrogen-bond acceptors (Lipinski definition) is 7. The van der Waals surface area contributed by atoms with Crippen molar-refractivity contribution >= 4 is 51.1 Å². The van der Waals surface area contributed by atoms with E-state index in [1.165, 1.54) is 23.5 Å². The van der Waals surface area contributed by atoms with Crippen molar-refractivity contribution in [2.45, 2.75) is 37.1 Å². The average Bonchev–Trinajstić information content (AvgIpc) is 3.53. The standard InChI is InChI=1S/C26H28N4O6S3/c1-16-11-12-37-23(16)25-28-22(15-38-25)20(13-18-7-9-19(10-8-18)30-39(34,35)36)27-24(31)21(29-26(32)33)14-17-5-3-2-4-6-17/h2-12,15-16,20-21,23,29-30H,13-14H2,1H3,(H,27,31)(H,32,33)(H,34,35,36)/t16?,20-,21-,23?/m0/s1. The van der Waals surface area contributed by atoms with Crippen LogP contribution in [0.3, 0.4) is 0 Å². The molecule has 206 valence electrons. The molecular weight excluding hydrogens is 561 g/mol. The predicted molar refractivity (Wildman–Crippen MR) is 152 cm³/mol. The van der Waals surface area contributed by atoms with Gasteiger partial charge in [0.15, 0.2) is 0 Å². The molecule has 2 aromatic carbocycles. The van der Waals surface area contributed by atoms with E-state index in [2.05, 4.69) is 29.0 Å². The zero-order chi connectivity index (χ0) is 28.0. The van der Waals surface area contributed by atoms with Crippen LogP contribution in [0.25, 0.3) is 0 Å². The van der Waals surface area contributed by atoms with Gasteiger partial charge in [-0.3, -0.25) is 14.1 Å². The Hall–Kier alpha value is -3.39. The molecule has 0 saturated heterocycles. The lowest BCUT2D eigenvalue weighted by molar-refractivity contribution is -0.123. The summed E-state index contributed by atoms with van der Waals surface area (Å²) in [5.74, 6) is -0.171. The van der Waals surface area contributed by atoms with E-state index < -0.39 is 34.4 Å². The lowest BCUT2D eigenvalue weighted by atomic mass is 10.0. The van der Waals surface area contributed by atoms with Gasteiger partial charge in [0.2, 0.25) is 5.91 Å². The smallest absolute Gasteiger partial charge is 0.405 e. The lowest BCUT2D eigenvalue weighted by Crippen LogP contribution is -2.48. The number of hydrogen-bond donors (Lipinski definition) is 5. The van der Waals surface area contributed by atoms with Gasteiger partial charge in [0.05, 0.1) is 22.7 Å². The highest BCUT2D eigenvalue weighted by atomic mass is 32.2. The number of aromatic nitrogens is 1. The molecule has 3 aromatic rings. The number of allylic oxidation sites excluding steroid dienone is 1. The molecule has 1 aliphatic rings. The van der Waals surface area contributed by atoms with Crippen molar-refractivity contribution in [3.8, 4) is 0 Å². The first-order valence-electron chi connectivity index (χ1n) is 12.0. The van der Waals surface area contributed by atoms with Crippen LogP contribution in [-0.4, -0.2) is 41.1 Å². The van der Waals surface area contributed by atoms with Gasteiger partial charge >= 0.3 is 16.4 Å². The molecule has 0 spiro atoms. The lowest BCUT2D eigenvalue weighted by Gasteiger charge is -2.22. The second-order valence-electron chi connectivity index (χ2n) is 9.09. The summed E-state index contributed by atoms with van der Waals surface area (Å²) in [6.45, 7) is 2.12. The summed E-state index contributed by atoms with van der Waals surface area (Å²) >= 11 is 3.20. The minimum Gasteiger partial charge on any atom is -0.465 e. The van der Waals surface area contributed by atoms with Gasteiger partial charge in [-0.25, -0.2) is 9.78 Å². The van der Waals surface area contributed by atoms with Crippen molar-refractivity contribution in [3.05, 3.63) is 93.3 Å². The zero-order valence-electron chi connectivity index (χ0n) is 20.9. The van der Waals surface area contributed by atoms with E-state index in [0.717, 1.165) is 16.1 Å². The molecule has 0 radical (unpaired) electrons. The van der Waals surface area contributed by atoms with Crippen LogP contribution in [0.2, 0.25) is 0 Å². The maximum absolute atomic E-state index is 13.4. The Morgan fingerprint density at radius 2 is 1.72 bits per heavy atom. The van der Waals surface area contributed by atoms with Crippen molar-refractivity contribution in [2.75, 3.05) is 4.72 Å². The molecule has 39 heavy (non-hydrogen) atoms. The molecule has 4 rings (SSSR count). The number of nitrogens with one attached hydrogen (secondary N) is 3. The molecule has 4 atom stereocenters. The summed E-state index contributed by atoms with van der Waals surface area (Å²) in [4.78, 5) is 29.7. The normalized spacial score (nSPS) is 18.3. The molecule has 10 nitrogen and oxygen atoms in total. The molecule has 0 fully saturated rings. The molecule has 5 N–H and O–H groups in total. The van der Waals surface area contributed by atoms with Gasteiger partial charge in [0.1, 0.15) is 11.0 Å². The van der Waals surface area contributed by atoms with Crippen molar-refractivity contribution in [2.24, 2.45) is 5.92 Å². The van der Waals surface area contributed by atoms with Gasteiger partial charge in [-0.15, -0.1) is 23.1 Å². The quantitative estimate of drug-likeness (QED) is 0.204. The van der Waals surface area contributed by atoms with Gasteiger partial charge in [-0.2, -0.15) is 8.42 Å². The van der Waals surface area contributed by atoms with Gasteiger partial charge in [-0.05, 0) is 41.0 Å². The third-order valence-electron chi connectivity index (χ3n) is 6.08. The highest BCUT2D eigenvalue weighted by molar-refractivity contribution is 8.02. The van der Waals surface area contributed by atoms with E-state index in [-0.39, 0.29) is 17.4 Å². The number of amides is 2. The molecule has 0 aliphatic carbocycles. The van der Waals surface area contributed by atoms with Crippen LogP contribution in [0.1, 0.15) is 40.0 Å². The fraction of sp³-hybridized carbons (Fsp3) is 0.269. The maximum Gasteiger partial charge on any atom is 0.405 e. The number of thiazole rings is 1. The molecule has 0 saturated carbocycles. The Kier molecular flexibility index (Phi) is 9.28. The second-order valence-corrected chi connectivity index (χ2v) is 12.2. The monoisotopic (exact) mass is 588 g/mol. The summed E-state index contributed by atoms with van der Waals surface area (Å²) in [6, 6.07) is 13.9. The fourth-order valence-electron chi connectivity index (χ4n) is 4.16. The molecular formula is C26H28N4O6S3. The van der Waals surface area contributed by atoms with Crippen molar-refractivity contribution in [1.82, 2.24) is 15.6 Å². The molecule has 0 bridgehead atoms.